The van der Waals surface area contributed by atoms with Gasteiger partial charge in [-0.3, -0.25) is 9.59 Å². The number of aromatic hydroxyl groups is 1. The lowest BCUT2D eigenvalue weighted by Crippen LogP contribution is -2.47. The Balaban J connectivity index is 1.62. The van der Waals surface area contributed by atoms with Gasteiger partial charge in [0.15, 0.2) is 12.4 Å². The van der Waals surface area contributed by atoms with Gasteiger partial charge in [0.25, 0.3) is 5.91 Å². The van der Waals surface area contributed by atoms with Crippen LogP contribution in [0, 0.1) is 0 Å². The maximum absolute atomic E-state index is 12.2. The van der Waals surface area contributed by atoms with E-state index in [4.69, 9.17) is 14.2 Å². The summed E-state index contributed by atoms with van der Waals surface area (Å²) in [4.78, 5) is 24.4. The molecular formula is C20H27NO6. The normalized spacial score (nSPS) is 23.1. The second kappa shape index (κ2) is 7.03. The van der Waals surface area contributed by atoms with E-state index in [1.807, 2.05) is 13.8 Å². The Morgan fingerprint density at radius 2 is 2.04 bits per heavy atom. The van der Waals surface area contributed by atoms with Crippen molar-refractivity contribution in [2.24, 2.45) is 0 Å². The fraction of sp³-hybridized carbons (Fsp3) is 0.600. The molecule has 2 aliphatic rings. The number of carbonyl (C=O) groups excluding carboxylic acids is 2. The highest BCUT2D eigenvalue weighted by molar-refractivity contribution is 6.03. The van der Waals surface area contributed by atoms with Gasteiger partial charge < -0.3 is 24.6 Å². The van der Waals surface area contributed by atoms with E-state index in [-0.39, 0.29) is 59.2 Å². The molecule has 2 aliphatic heterocycles. The lowest BCUT2D eigenvalue weighted by atomic mass is 9.92. The van der Waals surface area contributed by atoms with E-state index in [0.717, 1.165) is 12.8 Å². The molecule has 1 aromatic carbocycles. The lowest BCUT2D eigenvalue weighted by molar-refractivity contribution is -0.126. The van der Waals surface area contributed by atoms with Crippen molar-refractivity contribution < 1.29 is 28.9 Å². The van der Waals surface area contributed by atoms with Crippen LogP contribution >= 0.6 is 0 Å². The quantitative estimate of drug-likeness (QED) is 0.838. The van der Waals surface area contributed by atoms with Crippen LogP contribution in [0.25, 0.3) is 0 Å². The number of carbonyl (C=O) groups is 2. The Morgan fingerprint density at radius 3 is 2.74 bits per heavy atom. The molecule has 7 heteroatoms. The third kappa shape index (κ3) is 4.71. The van der Waals surface area contributed by atoms with Crippen LogP contribution in [0.2, 0.25) is 0 Å². The van der Waals surface area contributed by atoms with Crippen molar-refractivity contribution >= 4 is 11.7 Å². The Labute approximate surface area is 159 Å². The molecule has 148 valence electrons. The number of hydrogen-bond acceptors (Lipinski definition) is 6. The number of hydrogen-bond donors (Lipinski definition) is 2. The topological polar surface area (TPSA) is 94.1 Å². The first kappa shape index (κ1) is 19.5. The number of benzene rings is 1. The van der Waals surface area contributed by atoms with Crippen LogP contribution in [0.1, 0.15) is 57.3 Å². The Kier molecular flexibility index (Phi) is 5.08. The summed E-state index contributed by atoms with van der Waals surface area (Å²) in [5, 5.41) is 13.1. The summed E-state index contributed by atoms with van der Waals surface area (Å²) < 4.78 is 17.0. The fourth-order valence-electron chi connectivity index (χ4n) is 3.60. The molecule has 0 bridgehead atoms. The Bertz CT molecular complexity index is 755. The zero-order valence-electron chi connectivity index (χ0n) is 16.3. The number of ketones is 1. The monoisotopic (exact) mass is 377 g/mol. The van der Waals surface area contributed by atoms with Gasteiger partial charge >= 0.3 is 0 Å². The van der Waals surface area contributed by atoms with Crippen molar-refractivity contribution in [3.63, 3.8) is 0 Å². The number of amides is 1. The van der Waals surface area contributed by atoms with Crippen LogP contribution in [-0.4, -0.2) is 47.3 Å². The summed E-state index contributed by atoms with van der Waals surface area (Å²) in [7, 11) is 0. The molecule has 0 radical (unpaired) electrons. The van der Waals surface area contributed by atoms with E-state index in [1.165, 1.54) is 6.07 Å². The highest BCUT2D eigenvalue weighted by Crippen LogP contribution is 2.40. The van der Waals surface area contributed by atoms with Gasteiger partial charge in [0.1, 0.15) is 28.4 Å². The molecule has 7 nitrogen and oxygen atoms in total. The lowest BCUT2D eigenvalue weighted by Gasteiger charge is -2.35. The number of ether oxygens (including phenoxy) is 3. The number of Topliss-reactive ketones (excluding diaryl/α,β-unsaturated/α-hetero) is 1. The van der Waals surface area contributed by atoms with E-state index in [0.29, 0.717) is 6.61 Å². The molecule has 0 aliphatic carbocycles. The van der Waals surface area contributed by atoms with Crippen molar-refractivity contribution in [2.75, 3.05) is 13.2 Å². The number of nitrogens with one attached hydrogen (secondary N) is 1. The van der Waals surface area contributed by atoms with Crippen molar-refractivity contribution in [2.45, 2.75) is 64.2 Å². The van der Waals surface area contributed by atoms with E-state index in [9.17, 15) is 14.7 Å². The predicted molar refractivity (Wildman–Crippen MR) is 98.5 cm³/mol. The molecule has 0 saturated carbocycles. The summed E-state index contributed by atoms with van der Waals surface area (Å²) in [6, 6.07) is 2.92. The molecule has 2 N–H and O–H groups in total. The largest absolute Gasteiger partial charge is 0.507 e. The highest BCUT2D eigenvalue weighted by Gasteiger charge is 2.35. The second-order valence-corrected chi connectivity index (χ2v) is 8.43. The van der Waals surface area contributed by atoms with Gasteiger partial charge in [0.05, 0.1) is 12.0 Å². The first-order chi connectivity index (χ1) is 12.5. The summed E-state index contributed by atoms with van der Waals surface area (Å²) in [6.45, 7) is 8.04. The van der Waals surface area contributed by atoms with Crippen LogP contribution in [0.3, 0.4) is 0 Å². The number of fused-ring (bicyclic) bond motifs is 1. The zero-order chi connectivity index (χ0) is 19.8. The third-order valence-corrected chi connectivity index (χ3v) is 4.74. The maximum atomic E-state index is 12.2. The standard InChI is InChI=1S/C20H27NO6/c1-19(2)9-12(5-6-26-19)21-17(24)11-25-13-7-14(22)18-15(23)10-20(3,4)27-16(18)8-13/h7-8,12,22H,5-6,9-11H2,1-4H3,(H,21,24). The van der Waals surface area contributed by atoms with Crippen LogP contribution in [0.15, 0.2) is 12.1 Å². The van der Waals surface area contributed by atoms with Gasteiger partial charge in [-0.15, -0.1) is 0 Å². The van der Waals surface area contributed by atoms with E-state index >= 15 is 0 Å². The molecule has 0 aromatic heterocycles. The third-order valence-electron chi connectivity index (χ3n) is 4.74. The van der Waals surface area contributed by atoms with Crippen LogP contribution in [0.4, 0.5) is 0 Å². The summed E-state index contributed by atoms with van der Waals surface area (Å²) >= 11 is 0. The Morgan fingerprint density at radius 1 is 1.30 bits per heavy atom. The molecule has 1 amide bonds. The van der Waals surface area contributed by atoms with Crippen LogP contribution in [0.5, 0.6) is 17.2 Å². The van der Waals surface area contributed by atoms with E-state index < -0.39 is 5.60 Å². The molecule has 2 heterocycles. The van der Waals surface area contributed by atoms with E-state index in [2.05, 4.69) is 5.32 Å². The molecule has 27 heavy (non-hydrogen) atoms. The molecule has 1 unspecified atom stereocenters. The molecule has 1 atom stereocenters. The molecular weight excluding hydrogens is 350 g/mol. The van der Waals surface area contributed by atoms with Crippen molar-refractivity contribution in [1.82, 2.24) is 5.32 Å². The van der Waals surface area contributed by atoms with Crippen molar-refractivity contribution in [3.8, 4) is 17.2 Å². The SMILES string of the molecule is CC1(C)CC(NC(=O)COc2cc(O)c3c(c2)OC(C)(C)CC3=O)CCO1. The van der Waals surface area contributed by atoms with Gasteiger partial charge in [0.2, 0.25) is 0 Å². The molecule has 1 aromatic rings. The first-order valence-corrected chi connectivity index (χ1v) is 9.20. The number of phenolic OH excluding ortho intramolecular Hbond substituents is 1. The summed E-state index contributed by atoms with van der Waals surface area (Å²) in [5.74, 6) is -0.0657. The summed E-state index contributed by atoms with van der Waals surface area (Å²) in [6.07, 6.45) is 1.70. The van der Waals surface area contributed by atoms with E-state index in [1.54, 1.807) is 19.9 Å². The minimum atomic E-state index is -0.650. The summed E-state index contributed by atoms with van der Waals surface area (Å²) in [5.41, 5.74) is -0.740. The molecule has 1 saturated heterocycles. The predicted octanol–water partition coefficient (Wildman–Crippen LogP) is 2.59. The second-order valence-electron chi connectivity index (χ2n) is 8.43. The van der Waals surface area contributed by atoms with Gasteiger partial charge in [-0.2, -0.15) is 0 Å². The fourth-order valence-corrected chi connectivity index (χ4v) is 3.60. The minimum absolute atomic E-state index is 0.0449. The number of phenols is 1. The molecule has 3 rings (SSSR count). The highest BCUT2D eigenvalue weighted by atomic mass is 16.5. The average Bonchev–Trinajstić information content (AvgIpc) is 2.49. The zero-order valence-corrected chi connectivity index (χ0v) is 16.3. The van der Waals surface area contributed by atoms with Gasteiger partial charge in [-0.1, -0.05) is 0 Å². The van der Waals surface area contributed by atoms with Crippen molar-refractivity contribution in [1.29, 1.82) is 0 Å². The Hall–Kier alpha value is -2.28. The van der Waals surface area contributed by atoms with Gasteiger partial charge in [-0.05, 0) is 40.5 Å². The van der Waals surface area contributed by atoms with Gasteiger partial charge in [0, 0.05) is 24.8 Å². The average molecular weight is 377 g/mol. The smallest absolute Gasteiger partial charge is 0.258 e. The molecule has 1 fully saturated rings. The maximum Gasteiger partial charge on any atom is 0.258 e. The van der Waals surface area contributed by atoms with Crippen LogP contribution < -0.4 is 14.8 Å². The number of rotatable bonds is 4. The van der Waals surface area contributed by atoms with Crippen LogP contribution in [-0.2, 0) is 9.53 Å². The van der Waals surface area contributed by atoms with Gasteiger partial charge in [-0.25, -0.2) is 0 Å². The first-order valence-electron chi connectivity index (χ1n) is 9.20. The minimum Gasteiger partial charge on any atom is -0.507 e. The van der Waals surface area contributed by atoms with Crippen molar-refractivity contribution in [3.05, 3.63) is 17.7 Å². The molecule has 0 spiro atoms.